The van der Waals surface area contributed by atoms with Gasteiger partial charge in [0.1, 0.15) is 5.75 Å². The standard InChI is InChI=1S/C19H23N3O2.ClH/c1-13-3-6-17(7-4-13)24-18-8-5-16(12-21-18)22-19(23)15-9-10-20-14(2)11-15;/h3-8,12,14-15,20H,9-11H2,1-2H3,(H,22,23);1H/t14-,15-;/m0./s1. The number of rotatable bonds is 4. The first-order chi connectivity index (χ1) is 11.6. The van der Waals surface area contributed by atoms with E-state index in [1.807, 2.05) is 37.3 Å². The highest BCUT2D eigenvalue weighted by Crippen LogP contribution is 2.22. The van der Waals surface area contributed by atoms with Crippen molar-refractivity contribution in [3.63, 3.8) is 0 Å². The first-order valence-corrected chi connectivity index (χ1v) is 8.35. The van der Waals surface area contributed by atoms with Crippen LogP contribution in [0.25, 0.3) is 0 Å². The monoisotopic (exact) mass is 361 g/mol. The van der Waals surface area contributed by atoms with Crippen molar-refractivity contribution in [2.75, 3.05) is 11.9 Å². The molecule has 0 spiro atoms. The second kappa shape index (κ2) is 8.83. The van der Waals surface area contributed by atoms with Crippen molar-refractivity contribution < 1.29 is 9.53 Å². The molecule has 5 nitrogen and oxygen atoms in total. The van der Waals surface area contributed by atoms with E-state index in [9.17, 15) is 4.79 Å². The summed E-state index contributed by atoms with van der Waals surface area (Å²) >= 11 is 0. The van der Waals surface area contributed by atoms with Gasteiger partial charge in [-0.3, -0.25) is 4.79 Å². The van der Waals surface area contributed by atoms with Crippen LogP contribution in [-0.2, 0) is 4.79 Å². The Morgan fingerprint density at radius 2 is 2.00 bits per heavy atom. The number of hydrogen-bond acceptors (Lipinski definition) is 4. The van der Waals surface area contributed by atoms with Crippen molar-refractivity contribution in [2.24, 2.45) is 5.92 Å². The van der Waals surface area contributed by atoms with Gasteiger partial charge in [-0.15, -0.1) is 12.4 Å². The van der Waals surface area contributed by atoms with Gasteiger partial charge in [0.05, 0.1) is 11.9 Å². The molecule has 0 aliphatic carbocycles. The van der Waals surface area contributed by atoms with E-state index in [4.69, 9.17) is 4.74 Å². The van der Waals surface area contributed by atoms with E-state index in [0.29, 0.717) is 17.6 Å². The molecule has 1 aliphatic heterocycles. The fourth-order valence-electron chi connectivity index (χ4n) is 2.86. The number of benzene rings is 1. The predicted octanol–water partition coefficient (Wildman–Crippen LogP) is 3.93. The summed E-state index contributed by atoms with van der Waals surface area (Å²) in [4.78, 5) is 16.6. The maximum Gasteiger partial charge on any atom is 0.227 e. The van der Waals surface area contributed by atoms with Crippen molar-refractivity contribution in [3.05, 3.63) is 48.2 Å². The van der Waals surface area contributed by atoms with Crippen LogP contribution >= 0.6 is 12.4 Å². The molecule has 2 heterocycles. The minimum atomic E-state index is 0. The highest BCUT2D eigenvalue weighted by molar-refractivity contribution is 5.92. The molecule has 2 aromatic rings. The summed E-state index contributed by atoms with van der Waals surface area (Å²) in [5.74, 6) is 1.38. The molecule has 1 aliphatic rings. The normalized spacial score (nSPS) is 19.6. The van der Waals surface area contributed by atoms with Crippen LogP contribution in [-0.4, -0.2) is 23.5 Å². The van der Waals surface area contributed by atoms with Gasteiger partial charge in [0.2, 0.25) is 11.8 Å². The van der Waals surface area contributed by atoms with E-state index in [1.54, 1.807) is 12.3 Å². The fraction of sp³-hybridized carbons (Fsp3) is 0.368. The predicted molar refractivity (Wildman–Crippen MR) is 102 cm³/mol. The van der Waals surface area contributed by atoms with Crippen LogP contribution < -0.4 is 15.4 Å². The molecule has 0 saturated carbocycles. The molecule has 2 atom stereocenters. The minimum absolute atomic E-state index is 0. The Balaban J connectivity index is 0.00000225. The van der Waals surface area contributed by atoms with Crippen molar-refractivity contribution in [1.29, 1.82) is 0 Å². The molecule has 6 heteroatoms. The number of pyridine rings is 1. The average Bonchev–Trinajstić information content (AvgIpc) is 2.59. The second-order valence-corrected chi connectivity index (χ2v) is 6.37. The van der Waals surface area contributed by atoms with Crippen molar-refractivity contribution >= 4 is 24.0 Å². The Morgan fingerprint density at radius 1 is 1.24 bits per heavy atom. The number of ether oxygens (including phenoxy) is 1. The highest BCUT2D eigenvalue weighted by atomic mass is 35.5. The number of carbonyl (C=O) groups excluding carboxylic acids is 1. The van der Waals surface area contributed by atoms with Crippen LogP contribution in [0, 0.1) is 12.8 Å². The SMILES string of the molecule is Cc1ccc(Oc2ccc(NC(=O)[C@H]3CCN[C@@H](C)C3)cn2)cc1.Cl. The third kappa shape index (κ3) is 5.44. The van der Waals surface area contributed by atoms with Crippen LogP contribution in [0.4, 0.5) is 5.69 Å². The number of nitrogens with zero attached hydrogens (tertiary/aromatic N) is 1. The molecule has 1 aromatic carbocycles. The molecule has 1 saturated heterocycles. The number of carbonyl (C=O) groups is 1. The topological polar surface area (TPSA) is 63.2 Å². The summed E-state index contributed by atoms with van der Waals surface area (Å²) in [5.41, 5.74) is 1.88. The van der Waals surface area contributed by atoms with E-state index in [1.165, 1.54) is 5.56 Å². The molecule has 1 fully saturated rings. The van der Waals surface area contributed by atoms with Gasteiger partial charge in [-0.1, -0.05) is 17.7 Å². The van der Waals surface area contributed by atoms with Crippen LogP contribution in [0.2, 0.25) is 0 Å². The van der Waals surface area contributed by atoms with Crippen molar-refractivity contribution in [3.8, 4) is 11.6 Å². The molecule has 2 N–H and O–H groups in total. The number of halogens is 1. The lowest BCUT2D eigenvalue weighted by Gasteiger charge is -2.27. The van der Waals surface area contributed by atoms with Crippen molar-refractivity contribution in [1.82, 2.24) is 10.3 Å². The average molecular weight is 362 g/mol. The van der Waals surface area contributed by atoms with Crippen LogP contribution in [0.5, 0.6) is 11.6 Å². The molecule has 0 unspecified atom stereocenters. The summed E-state index contributed by atoms with van der Waals surface area (Å²) in [6.45, 7) is 5.03. The van der Waals surface area contributed by atoms with E-state index in [2.05, 4.69) is 22.5 Å². The molecule has 0 radical (unpaired) electrons. The van der Waals surface area contributed by atoms with Gasteiger partial charge in [-0.2, -0.15) is 0 Å². The van der Waals surface area contributed by atoms with Gasteiger partial charge in [0.15, 0.2) is 0 Å². The zero-order valence-electron chi connectivity index (χ0n) is 14.5. The fourth-order valence-corrected chi connectivity index (χ4v) is 2.86. The first kappa shape index (κ1) is 19.2. The van der Waals surface area contributed by atoms with E-state index in [0.717, 1.165) is 25.1 Å². The van der Waals surface area contributed by atoms with Gasteiger partial charge in [-0.25, -0.2) is 4.98 Å². The number of nitrogens with one attached hydrogen (secondary N) is 2. The summed E-state index contributed by atoms with van der Waals surface area (Å²) in [6, 6.07) is 11.8. The lowest BCUT2D eigenvalue weighted by molar-refractivity contribution is -0.120. The molecular formula is C19H24ClN3O2. The Kier molecular flexibility index (Phi) is 6.79. The van der Waals surface area contributed by atoms with Gasteiger partial charge < -0.3 is 15.4 Å². The Morgan fingerprint density at radius 3 is 2.64 bits per heavy atom. The molecular weight excluding hydrogens is 338 g/mol. The third-order valence-corrected chi connectivity index (χ3v) is 4.24. The van der Waals surface area contributed by atoms with Gasteiger partial charge in [-0.05, 0) is 51.4 Å². The minimum Gasteiger partial charge on any atom is -0.439 e. The summed E-state index contributed by atoms with van der Waals surface area (Å²) in [6.07, 6.45) is 3.37. The van der Waals surface area contributed by atoms with Crippen molar-refractivity contribution in [2.45, 2.75) is 32.7 Å². The summed E-state index contributed by atoms with van der Waals surface area (Å²) in [5, 5.41) is 6.30. The lowest BCUT2D eigenvalue weighted by Crippen LogP contribution is -2.40. The summed E-state index contributed by atoms with van der Waals surface area (Å²) in [7, 11) is 0. The van der Waals surface area contributed by atoms with Crippen LogP contribution in [0.15, 0.2) is 42.6 Å². The van der Waals surface area contributed by atoms with Gasteiger partial charge >= 0.3 is 0 Å². The Bertz CT molecular complexity index is 689. The highest BCUT2D eigenvalue weighted by Gasteiger charge is 2.24. The number of aryl methyl sites for hydroxylation is 1. The largest absolute Gasteiger partial charge is 0.439 e. The number of anilines is 1. The Hall–Kier alpha value is -2.11. The zero-order chi connectivity index (χ0) is 16.9. The first-order valence-electron chi connectivity index (χ1n) is 8.35. The van der Waals surface area contributed by atoms with E-state index >= 15 is 0 Å². The summed E-state index contributed by atoms with van der Waals surface area (Å²) < 4.78 is 5.69. The van der Waals surface area contributed by atoms with E-state index < -0.39 is 0 Å². The zero-order valence-corrected chi connectivity index (χ0v) is 15.3. The number of piperidine rings is 1. The third-order valence-electron chi connectivity index (χ3n) is 4.24. The number of amides is 1. The van der Waals surface area contributed by atoms with Gasteiger partial charge in [0, 0.05) is 18.0 Å². The molecule has 25 heavy (non-hydrogen) atoms. The lowest BCUT2D eigenvalue weighted by atomic mass is 9.92. The smallest absolute Gasteiger partial charge is 0.227 e. The molecule has 1 amide bonds. The molecule has 1 aromatic heterocycles. The second-order valence-electron chi connectivity index (χ2n) is 6.37. The Labute approximate surface area is 154 Å². The number of hydrogen-bond donors (Lipinski definition) is 2. The van der Waals surface area contributed by atoms with Crippen LogP contribution in [0.3, 0.4) is 0 Å². The molecule has 134 valence electrons. The maximum absolute atomic E-state index is 12.3. The van der Waals surface area contributed by atoms with E-state index in [-0.39, 0.29) is 24.2 Å². The quantitative estimate of drug-likeness (QED) is 0.866. The molecule has 3 rings (SSSR count). The van der Waals surface area contributed by atoms with Gasteiger partial charge in [0.25, 0.3) is 0 Å². The number of aromatic nitrogens is 1. The molecule has 0 bridgehead atoms. The van der Waals surface area contributed by atoms with Crippen LogP contribution in [0.1, 0.15) is 25.3 Å². The maximum atomic E-state index is 12.3.